The zero-order valence-electron chi connectivity index (χ0n) is 13.3. The van der Waals surface area contributed by atoms with Crippen molar-refractivity contribution in [2.75, 3.05) is 27.4 Å². The monoisotopic (exact) mass is 310 g/mol. The highest BCUT2D eigenvalue weighted by Crippen LogP contribution is 2.53. The van der Waals surface area contributed by atoms with Gasteiger partial charge in [0, 0.05) is 26.1 Å². The van der Waals surface area contributed by atoms with Gasteiger partial charge < -0.3 is 9.47 Å². The number of hydrogen-bond acceptors (Lipinski definition) is 6. The molecule has 0 bridgehead atoms. The van der Waals surface area contributed by atoms with E-state index < -0.39 is 35.5 Å². The lowest BCUT2D eigenvalue weighted by Crippen LogP contribution is -2.35. The SMILES string of the molecule is COCC1C(=O)C(COC)C2C(C(C)=O)C(=O)C(C(C)=O)C12. The molecule has 0 aliphatic heterocycles. The Labute approximate surface area is 129 Å². The standard InChI is InChI=1S/C16H22O6/c1-7(17)11-13-9(5-21-3)15(19)10(6-22-4)14(13)12(8(2)18)16(11)20/h9-14H,5-6H2,1-4H3. The molecule has 2 aliphatic carbocycles. The first kappa shape index (κ1) is 17.0. The quantitative estimate of drug-likeness (QED) is 0.657. The van der Waals surface area contributed by atoms with E-state index in [1.165, 1.54) is 28.1 Å². The van der Waals surface area contributed by atoms with Crippen LogP contribution < -0.4 is 0 Å². The molecular formula is C16H22O6. The molecule has 0 radical (unpaired) electrons. The van der Waals surface area contributed by atoms with Gasteiger partial charge in [-0.25, -0.2) is 0 Å². The molecule has 0 spiro atoms. The van der Waals surface area contributed by atoms with Crippen molar-refractivity contribution in [1.82, 2.24) is 0 Å². The Morgan fingerprint density at radius 3 is 1.45 bits per heavy atom. The molecule has 6 nitrogen and oxygen atoms in total. The summed E-state index contributed by atoms with van der Waals surface area (Å²) in [6.45, 7) is 3.00. The van der Waals surface area contributed by atoms with Gasteiger partial charge in [0.05, 0.1) is 25.0 Å². The molecule has 0 N–H and O–H groups in total. The number of rotatable bonds is 6. The molecule has 2 saturated carbocycles. The number of Topliss-reactive ketones (excluding diaryl/α,β-unsaturated/α-hetero) is 4. The average Bonchev–Trinajstić information content (AvgIpc) is 2.85. The predicted molar refractivity (Wildman–Crippen MR) is 76.1 cm³/mol. The normalized spacial score (nSPS) is 37.5. The van der Waals surface area contributed by atoms with Gasteiger partial charge in [-0.05, 0) is 25.7 Å². The van der Waals surface area contributed by atoms with Gasteiger partial charge in [0.25, 0.3) is 0 Å². The maximum Gasteiger partial charge on any atom is 0.154 e. The number of hydrogen-bond donors (Lipinski definition) is 0. The van der Waals surface area contributed by atoms with Gasteiger partial charge in [0.1, 0.15) is 17.3 Å². The molecule has 0 aromatic rings. The van der Waals surface area contributed by atoms with Crippen LogP contribution in [0, 0.1) is 35.5 Å². The van der Waals surface area contributed by atoms with Crippen LogP contribution in [0.15, 0.2) is 0 Å². The lowest BCUT2D eigenvalue weighted by Gasteiger charge is -2.22. The molecular weight excluding hydrogens is 288 g/mol. The molecule has 2 aliphatic rings. The molecule has 2 rings (SSSR count). The highest BCUT2D eigenvalue weighted by molar-refractivity contribution is 6.14. The van der Waals surface area contributed by atoms with E-state index >= 15 is 0 Å². The van der Waals surface area contributed by atoms with Crippen molar-refractivity contribution in [2.45, 2.75) is 13.8 Å². The van der Waals surface area contributed by atoms with Crippen molar-refractivity contribution in [3.05, 3.63) is 0 Å². The molecule has 122 valence electrons. The third-order valence-electron chi connectivity index (χ3n) is 5.06. The highest BCUT2D eigenvalue weighted by atomic mass is 16.5. The maximum absolute atomic E-state index is 12.6. The van der Waals surface area contributed by atoms with Gasteiger partial charge in [0.15, 0.2) is 5.78 Å². The number of carbonyl (C=O) groups excluding carboxylic acids is 4. The maximum atomic E-state index is 12.6. The highest BCUT2D eigenvalue weighted by Gasteiger charge is 2.64. The van der Waals surface area contributed by atoms with Crippen LogP contribution in [0.25, 0.3) is 0 Å². The molecule has 22 heavy (non-hydrogen) atoms. The summed E-state index contributed by atoms with van der Waals surface area (Å²) in [5.41, 5.74) is 0. The van der Waals surface area contributed by atoms with E-state index in [2.05, 4.69) is 0 Å². The van der Waals surface area contributed by atoms with Crippen molar-refractivity contribution < 1.29 is 28.7 Å². The van der Waals surface area contributed by atoms with E-state index in [-0.39, 0.29) is 36.3 Å². The molecule has 0 amide bonds. The van der Waals surface area contributed by atoms with Gasteiger partial charge in [-0.2, -0.15) is 0 Å². The Morgan fingerprint density at radius 2 is 1.18 bits per heavy atom. The molecule has 0 aromatic heterocycles. The third-order valence-corrected chi connectivity index (χ3v) is 5.06. The van der Waals surface area contributed by atoms with Crippen LogP contribution in [0.2, 0.25) is 0 Å². The van der Waals surface area contributed by atoms with Crippen molar-refractivity contribution in [3.63, 3.8) is 0 Å². The van der Waals surface area contributed by atoms with Crippen LogP contribution in [0.5, 0.6) is 0 Å². The lowest BCUT2D eigenvalue weighted by molar-refractivity contribution is -0.137. The second kappa shape index (κ2) is 6.38. The van der Waals surface area contributed by atoms with E-state index in [1.807, 2.05) is 0 Å². The lowest BCUT2D eigenvalue weighted by atomic mass is 9.81. The van der Waals surface area contributed by atoms with Crippen molar-refractivity contribution in [2.24, 2.45) is 35.5 Å². The second-order valence-electron chi connectivity index (χ2n) is 6.26. The number of fused-ring (bicyclic) bond motifs is 1. The van der Waals surface area contributed by atoms with Crippen molar-refractivity contribution in [3.8, 4) is 0 Å². The summed E-state index contributed by atoms with van der Waals surface area (Å²) in [5.74, 6) is -4.71. The van der Waals surface area contributed by atoms with E-state index in [9.17, 15) is 19.2 Å². The van der Waals surface area contributed by atoms with Crippen LogP contribution in [-0.2, 0) is 28.7 Å². The minimum atomic E-state index is -0.884. The van der Waals surface area contributed by atoms with E-state index in [4.69, 9.17) is 9.47 Å². The smallest absolute Gasteiger partial charge is 0.154 e. The number of ketones is 4. The number of methoxy groups -OCH3 is 2. The van der Waals surface area contributed by atoms with E-state index in [0.29, 0.717) is 0 Å². The second-order valence-corrected chi connectivity index (χ2v) is 6.26. The molecule has 6 unspecified atom stereocenters. The Bertz CT molecular complexity index is 469. The van der Waals surface area contributed by atoms with Crippen LogP contribution in [0.1, 0.15) is 13.8 Å². The van der Waals surface area contributed by atoms with Crippen LogP contribution in [0.3, 0.4) is 0 Å². The third kappa shape index (κ3) is 2.44. The summed E-state index contributed by atoms with van der Waals surface area (Å²) in [7, 11) is 2.96. The number of ether oxygens (including phenoxy) is 2. The summed E-state index contributed by atoms with van der Waals surface area (Å²) in [5, 5.41) is 0. The summed E-state index contributed by atoms with van der Waals surface area (Å²) in [6, 6.07) is 0. The first-order valence-corrected chi connectivity index (χ1v) is 7.43. The molecule has 6 heteroatoms. The van der Waals surface area contributed by atoms with Crippen molar-refractivity contribution in [1.29, 1.82) is 0 Å². The number of carbonyl (C=O) groups is 4. The van der Waals surface area contributed by atoms with Gasteiger partial charge in [-0.1, -0.05) is 0 Å². The molecule has 0 aromatic carbocycles. The fourth-order valence-corrected chi connectivity index (χ4v) is 4.36. The largest absolute Gasteiger partial charge is 0.384 e. The Balaban J connectivity index is 2.51. The molecule has 6 atom stereocenters. The van der Waals surface area contributed by atoms with Crippen molar-refractivity contribution >= 4 is 23.1 Å². The minimum absolute atomic E-state index is 0.0660. The zero-order valence-corrected chi connectivity index (χ0v) is 13.3. The summed E-state index contributed by atoms with van der Waals surface area (Å²) >= 11 is 0. The Hall–Kier alpha value is -1.40. The molecule has 0 heterocycles. The average molecular weight is 310 g/mol. The van der Waals surface area contributed by atoms with Crippen LogP contribution in [0.4, 0.5) is 0 Å². The van der Waals surface area contributed by atoms with Gasteiger partial charge in [0.2, 0.25) is 0 Å². The van der Waals surface area contributed by atoms with Gasteiger partial charge >= 0.3 is 0 Å². The first-order chi connectivity index (χ1) is 10.4. The Kier molecular flexibility index (Phi) is 4.92. The minimum Gasteiger partial charge on any atom is -0.384 e. The fraction of sp³-hybridized carbons (Fsp3) is 0.750. The van der Waals surface area contributed by atoms with E-state index in [1.54, 1.807) is 0 Å². The Morgan fingerprint density at radius 1 is 0.818 bits per heavy atom. The van der Waals surface area contributed by atoms with Crippen LogP contribution in [-0.4, -0.2) is 50.6 Å². The van der Waals surface area contributed by atoms with Gasteiger partial charge in [-0.3, -0.25) is 19.2 Å². The molecule has 2 fully saturated rings. The first-order valence-electron chi connectivity index (χ1n) is 7.43. The van der Waals surface area contributed by atoms with Crippen LogP contribution >= 0.6 is 0 Å². The molecule has 0 saturated heterocycles. The predicted octanol–water partition coefficient (Wildman–Crippen LogP) is 0.320. The summed E-state index contributed by atoms with van der Waals surface area (Å²) < 4.78 is 10.2. The fourth-order valence-electron chi connectivity index (χ4n) is 4.36. The summed E-state index contributed by atoms with van der Waals surface area (Å²) in [4.78, 5) is 49.2. The van der Waals surface area contributed by atoms with E-state index in [0.717, 1.165) is 0 Å². The van der Waals surface area contributed by atoms with Gasteiger partial charge in [-0.15, -0.1) is 0 Å². The topological polar surface area (TPSA) is 86.7 Å². The zero-order chi connectivity index (χ0) is 16.6. The summed E-state index contributed by atoms with van der Waals surface area (Å²) in [6.07, 6.45) is 0.